The smallest absolute Gasteiger partial charge is 0.303 e. The first-order valence-corrected chi connectivity index (χ1v) is 14.0. The van der Waals surface area contributed by atoms with Gasteiger partial charge in [-0.05, 0) is 91.1 Å². The molecular weight excluding hydrogens is 519 g/mol. The highest BCUT2D eigenvalue weighted by Crippen LogP contribution is 2.38. The predicted octanol–water partition coefficient (Wildman–Crippen LogP) is 6.87. The minimum absolute atomic E-state index is 0.0919. The lowest BCUT2D eigenvalue weighted by Gasteiger charge is -2.30. The first kappa shape index (κ1) is 26.7. The molecule has 0 bridgehead atoms. The van der Waals surface area contributed by atoms with Crippen molar-refractivity contribution in [3.05, 3.63) is 98.3 Å². The fourth-order valence-electron chi connectivity index (χ4n) is 5.47. The number of likely N-dealkylation sites (tertiary alicyclic amines) is 1. The topological polar surface area (TPSA) is 62.7 Å². The summed E-state index contributed by atoms with van der Waals surface area (Å²) >= 11 is 12.7. The Bertz CT molecular complexity index is 1340. The van der Waals surface area contributed by atoms with Crippen molar-refractivity contribution in [1.82, 2.24) is 9.88 Å². The van der Waals surface area contributed by atoms with Crippen LogP contribution in [-0.2, 0) is 24.1 Å². The fourth-order valence-corrected chi connectivity index (χ4v) is 5.92. The lowest BCUT2D eigenvalue weighted by Crippen LogP contribution is -2.32. The second kappa shape index (κ2) is 12.3. The van der Waals surface area contributed by atoms with E-state index in [1.165, 1.54) is 27.8 Å². The Hall–Kier alpha value is -2.86. The molecule has 0 saturated carbocycles. The van der Waals surface area contributed by atoms with E-state index >= 15 is 0 Å². The molecule has 0 atom stereocenters. The number of pyridine rings is 1. The molecule has 5 nitrogen and oxygen atoms in total. The summed E-state index contributed by atoms with van der Waals surface area (Å²) < 4.78 is 5.92. The van der Waals surface area contributed by atoms with E-state index in [9.17, 15) is 4.79 Å². The highest BCUT2D eigenvalue weighted by molar-refractivity contribution is 6.32. The SMILES string of the molecule is O=C(O)CCc1ccc(OCCCN2CCC(=C3c4ccc(Cl)cc4CCc4cccnc43)CC2)c(Cl)c1. The summed E-state index contributed by atoms with van der Waals surface area (Å²) in [6, 6.07) is 16.1. The molecular formula is C31H32Cl2N2O3. The largest absolute Gasteiger partial charge is 0.492 e. The average molecular weight is 552 g/mol. The maximum absolute atomic E-state index is 10.8. The van der Waals surface area contributed by atoms with Gasteiger partial charge < -0.3 is 14.7 Å². The van der Waals surface area contributed by atoms with Crippen molar-refractivity contribution in [3.63, 3.8) is 0 Å². The maximum atomic E-state index is 10.8. The van der Waals surface area contributed by atoms with Crippen LogP contribution in [0.25, 0.3) is 5.57 Å². The van der Waals surface area contributed by atoms with Crippen LogP contribution in [0.15, 0.2) is 60.3 Å². The molecule has 7 heteroatoms. The van der Waals surface area contributed by atoms with Gasteiger partial charge in [-0.1, -0.05) is 47.0 Å². The maximum Gasteiger partial charge on any atom is 0.303 e. The van der Waals surface area contributed by atoms with Crippen molar-refractivity contribution in [1.29, 1.82) is 0 Å². The molecule has 0 unspecified atom stereocenters. The van der Waals surface area contributed by atoms with Gasteiger partial charge in [0.25, 0.3) is 0 Å². The first-order chi connectivity index (χ1) is 18.5. The van der Waals surface area contributed by atoms with E-state index in [1.54, 1.807) is 6.07 Å². The third kappa shape index (κ3) is 6.40. The highest BCUT2D eigenvalue weighted by Gasteiger charge is 2.25. The van der Waals surface area contributed by atoms with Crippen LogP contribution >= 0.6 is 23.2 Å². The summed E-state index contributed by atoms with van der Waals surface area (Å²) in [5.74, 6) is -0.164. The van der Waals surface area contributed by atoms with Gasteiger partial charge in [0.2, 0.25) is 0 Å². The molecule has 1 aromatic heterocycles. The van der Waals surface area contributed by atoms with Crippen molar-refractivity contribution in [2.24, 2.45) is 0 Å². The molecule has 2 aliphatic rings. The number of nitrogens with zero attached hydrogens (tertiary/aromatic N) is 2. The molecule has 1 saturated heterocycles. The van der Waals surface area contributed by atoms with Crippen LogP contribution in [0.3, 0.4) is 0 Å². The Morgan fingerprint density at radius 1 is 1.00 bits per heavy atom. The van der Waals surface area contributed by atoms with E-state index in [0.717, 1.165) is 68.0 Å². The van der Waals surface area contributed by atoms with Crippen LogP contribution in [0.1, 0.15) is 53.6 Å². The summed E-state index contributed by atoms with van der Waals surface area (Å²) in [7, 11) is 0. The highest BCUT2D eigenvalue weighted by atomic mass is 35.5. The number of hydrogen-bond acceptors (Lipinski definition) is 4. The first-order valence-electron chi connectivity index (χ1n) is 13.3. The number of aliphatic carboxylic acids is 1. The average Bonchev–Trinajstić information content (AvgIpc) is 3.08. The number of halogens is 2. The number of piperidine rings is 1. The molecule has 1 aliphatic heterocycles. The standard InChI is InChI=1S/C31H32Cl2N2O3/c32-25-8-9-26-24(20-25)7-6-23-3-1-14-34-31(23)30(26)22-12-16-35(17-13-22)15-2-18-38-28-10-4-21(19-27(28)33)5-11-29(36)37/h1,3-4,8-10,14,19-20H,2,5-7,11-13,15-18H2,(H,36,37). The number of rotatable bonds is 8. The number of carbonyl (C=O) groups is 1. The van der Waals surface area contributed by atoms with Gasteiger partial charge in [-0.15, -0.1) is 0 Å². The Labute approximate surface area is 234 Å². The molecule has 198 valence electrons. The van der Waals surface area contributed by atoms with Gasteiger partial charge in [0, 0.05) is 42.8 Å². The summed E-state index contributed by atoms with van der Waals surface area (Å²) in [4.78, 5) is 18.1. The fraction of sp³-hybridized carbons (Fsp3) is 0.355. The van der Waals surface area contributed by atoms with Gasteiger partial charge in [0.15, 0.2) is 0 Å². The molecule has 3 aromatic rings. The molecule has 1 fully saturated rings. The Morgan fingerprint density at radius 3 is 2.61 bits per heavy atom. The summed E-state index contributed by atoms with van der Waals surface area (Å²) in [6.07, 6.45) is 7.38. The minimum Gasteiger partial charge on any atom is -0.492 e. The number of aromatic nitrogens is 1. The summed E-state index contributed by atoms with van der Waals surface area (Å²) in [6.45, 7) is 3.59. The van der Waals surface area contributed by atoms with Crippen LogP contribution in [0.2, 0.25) is 10.0 Å². The molecule has 38 heavy (non-hydrogen) atoms. The third-order valence-electron chi connectivity index (χ3n) is 7.44. The van der Waals surface area contributed by atoms with Gasteiger partial charge in [-0.2, -0.15) is 0 Å². The predicted molar refractivity (Wildman–Crippen MR) is 152 cm³/mol. The Morgan fingerprint density at radius 2 is 1.82 bits per heavy atom. The number of carboxylic acids is 1. The van der Waals surface area contributed by atoms with Crippen molar-refractivity contribution in [2.45, 2.75) is 44.9 Å². The van der Waals surface area contributed by atoms with Gasteiger partial charge in [0.1, 0.15) is 5.75 Å². The molecule has 1 aliphatic carbocycles. The molecule has 0 spiro atoms. The van der Waals surface area contributed by atoms with E-state index in [2.05, 4.69) is 23.1 Å². The zero-order valence-electron chi connectivity index (χ0n) is 21.4. The number of carboxylic acid groups (broad SMARTS) is 1. The van der Waals surface area contributed by atoms with E-state index in [1.807, 2.05) is 30.5 Å². The van der Waals surface area contributed by atoms with Crippen molar-refractivity contribution in [3.8, 4) is 5.75 Å². The number of ether oxygens (including phenoxy) is 1. The zero-order chi connectivity index (χ0) is 26.5. The molecule has 2 heterocycles. The second-order valence-electron chi connectivity index (χ2n) is 9.99. The second-order valence-corrected chi connectivity index (χ2v) is 10.8. The van der Waals surface area contributed by atoms with Crippen molar-refractivity contribution in [2.75, 3.05) is 26.2 Å². The monoisotopic (exact) mass is 550 g/mol. The van der Waals surface area contributed by atoms with Gasteiger partial charge >= 0.3 is 5.97 Å². The summed E-state index contributed by atoms with van der Waals surface area (Å²) in [5.41, 5.74) is 8.75. The third-order valence-corrected chi connectivity index (χ3v) is 7.97. The number of benzene rings is 2. The minimum atomic E-state index is -0.812. The van der Waals surface area contributed by atoms with Crippen LogP contribution in [0, 0.1) is 0 Å². The van der Waals surface area contributed by atoms with E-state index in [4.69, 9.17) is 38.0 Å². The van der Waals surface area contributed by atoms with Crippen LogP contribution in [-0.4, -0.2) is 47.2 Å². The van der Waals surface area contributed by atoms with E-state index < -0.39 is 5.97 Å². The Kier molecular flexibility index (Phi) is 8.68. The van der Waals surface area contributed by atoms with Crippen LogP contribution < -0.4 is 4.74 Å². The zero-order valence-corrected chi connectivity index (χ0v) is 22.9. The molecule has 2 aromatic carbocycles. The van der Waals surface area contributed by atoms with Crippen molar-refractivity contribution < 1.29 is 14.6 Å². The van der Waals surface area contributed by atoms with Crippen molar-refractivity contribution >= 4 is 34.7 Å². The molecule has 1 N–H and O–H groups in total. The van der Waals surface area contributed by atoms with Gasteiger partial charge in [-0.25, -0.2) is 0 Å². The number of hydrogen-bond donors (Lipinski definition) is 1. The van der Waals surface area contributed by atoms with Gasteiger partial charge in [0.05, 0.1) is 17.3 Å². The quantitative estimate of drug-likeness (QED) is 0.310. The number of fused-ring (bicyclic) bond motifs is 2. The van der Waals surface area contributed by atoms with E-state index in [0.29, 0.717) is 23.8 Å². The molecule has 0 amide bonds. The molecule has 0 radical (unpaired) electrons. The lowest BCUT2D eigenvalue weighted by molar-refractivity contribution is -0.136. The van der Waals surface area contributed by atoms with Crippen LogP contribution in [0.5, 0.6) is 5.75 Å². The summed E-state index contributed by atoms with van der Waals surface area (Å²) in [5, 5.41) is 10.2. The van der Waals surface area contributed by atoms with E-state index in [-0.39, 0.29) is 6.42 Å². The Balaban J connectivity index is 1.19. The van der Waals surface area contributed by atoms with Crippen LogP contribution in [0.4, 0.5) is 0 Å². The molecule has 5 rings (SSSR count). The van der Waals surface area contributed by atoms with Gasteiger partial charge in [-0.3, -0.25) is 9.78 Å². The number of aryl methyl sites for hydroxylation is 3. The lowest BCUT2D eigenvalue weighted by atomic mass is 9.88. The normalized spacial score (nSPS) is 15.5.